The third kappa shape index (κ3) is 3.65. The van der Waals surface area contributed by atoms with Crippen LogP contribution in [0.4, 0.5) is 10.1 Å². The monoisotopic (exact) mass is 298 g/mol. The van der Waals surface area contributed by atoms with Crippen LogP contribution in [0, 0.1) is 5.82 Å². The molecular weight excluding hydrogens is 287 g/mol. The number of aromatic nitrogens is 2. The van der Waals surface area contributed by atoms with Crippen LogP contribution in [-0.4, -0.2) is 21.9 Å². The minimum absolute atomic E-state index is 0.351. The second kappa shape index (κ2) is 5.99. The molecule has 0 aliphatic carbocycles. The predicted octanol–water partition coefficient (Wildman–Crippen LogP) is 2.64. The number of anilines is 1. The summed E-state index contributed by atoms with van der Waals surface area (Å²) in [5, 5.41) is 10.8. The molecule has 0 radical (unpaired) electrons. The van der Waals surface area contributed by atoms with Gasteiger partial charge in [-0.2, -0.15) is 5.10 Å². The van der Waals surface area contributed by atoms with Gasteiger partial charge in [0.25, 0.3) is 0 Å². The van der Waals surface area contributed by atoms with E-state index in [1.807, 2.05) is 0 Å². The van der Waals surface area contributed by atoms with Gasteiger partial charge in [0.1, 0.15) is 5.82 Å². The standard InChI is InChI=1S/C12H12ClFN4S/c1-15-12(19)17-10-5-16-18(7-10)6-8-2-3-9(14)4-11(8)13/h2-5,7H,6H2,1H3,(H2,15,17,19). The zero-order valence-corrected chi connectivity index (χ0v) is 11.7. The second-order valence-corrected chi connectivity index (χ2v) is 4.68. The molecule has 2 aromatic rings. The number of nitrogens with one attached hydrogen (secondary N) is 2. The van der Waals surface area contributed by atoms with E-state index in [4.69, 9.17) is 23.8 Å². The number of halogens is 2. The van der Waals surface area contributed by atoms with E-state index in [-0.39, 0.29) is 5.82 Å². The molecule has 1 aromatic carbocycles. The van der Waals surface area contributed by atoms with E-state index < -0.39 is 0 Å². The molecule has 1 aromatic heterocycles. The fraction of sp³-hybridized carbons (Fsp3) is 0.167. The molecular formula is C12H12ClFN4S. The van der Waals surface area contributed by atoms with Gasteiger partial charge in [-0.3, -0.25) is 4.68 Å². The lowest BCUT2D eigenvalue weighted by Gasteiger charge is -2.05. The second-order valence-electron chi connectivity index (χ2n) is 3.87. The van der Waals surface area contributed by atoms with Gasteiger partial charge < -0.3 is 10.6 Å². The molecule has 0 bridgehead atoms. The molecule has 0 saturated heterocycles. The van der Waals surface area contributed by atoms with E-state index in [0.29, 0.717) is 16.7 Å². The lowest BCUT2D eigenvalue weighted by molar-refractivity contribution is 0.624. The third-order valence-electron chi connectivity index (χ3n) is 2.47. The van der Waals surface area contributed by atoms with E-state index in [1.165, 1.54) is 12.1 Å². The first-order valence-electron chi connectivity index (χ1n) is 5.53. The summed E-state index contributed by atoms with van der Waals surface area (Å²) in [5.41, 5.74) is 1.58. The van der Waals surface area contributed by atoms with Gasteiger partial charge in [0.05, 0.1) is 18.4 Å². The van der Waals surface area contributed by atoms with Crippen LogP contribution in [0.25, 0.3) is 0 Å². The summed E-state index contributed by atoms with van der Waals surface area (Å²) in [6.45, 7) is 0.465. The molecule has 0 spiro atoms. The smallest absolute Gasteiger partial charge is 0.170 e. The van der Waals surface area contributed by atoms with Gasteiger partial charge in [0.15, 0.2) is 5.11 Å². The Morgan fingerprint density at radius 1 is 1.53 bits per heavy atom. The number of nitrogens with zero attached hydrogens (tertiary/aromatic N) is 2. The molecule has 0 aliphatic rings. The minimum atomic E-state index is -0.351. The van der Waals surface area contributed by atoms with Crippen LogP contribution < -0.4 is 10.6 Å². The third-order valence-corrected chi connectivity index (χ3v) is 3.12. The maximum Gasteiger partial charge on any atom is 0.170 e. The maximum absolute atomic E-state index is 12.9. The van der Waals surface area contributed by atoms with Gasteiger partial charge in [-0.15, -0.1) is 0 Å². The Balaban J connectivity index is 2.09. The van der Waals surface area contributed by atoms with Crippen LogP contribution in [-0.2, 0) is 6.54 Å². The van der Waals surface area contributed by atoms with Crippen LogP contribution in [0.5, 0.6) is 0 Å². The summed E-state index contributed by atoms with van der Waals surface area (Å²) >= 11 is 11.0. The van der Waals surface area contributed by atoms with Crippen molar-refractivity contribution in [1.29, 1.82) is 0 Å². The molecule has 0 fully saturated rings. The van der Waals surface area contributed by atoms with Gasteiger partial charge in [0, 0.05) is 18.3 Å². The molecule has 0 unspecified atom stereocenters. The zero-order chi connectivity index (χ0) is 13.8. The van der Waals surface area contributed by atoms with Crippen molar-refractivity contribution in [3.05, 3.63) is 47.0 Å². The summed E-state index contributed by atoms with van der Waals surface area (Å²) in [4.78, 5) is 0. The number of hydrogen-bond acceptors (Lipinski definition) is 2. The average Bonchev–Trinajstić information content (AvgIpc) is 2.80. The number of benzene rings is 1. The van der Waals surface area contributed by atoms with Crippen molar-refractivity contribution >= 4 is 34.6 Å². The summed E-state index contributed by atoms with van der Waals surface area (Å²) in [7, 11) is 1.73. The Hall–Kier alpha value is -1.66. The molecule has 0 amide bonds. The highest BCUT2D eigenvalue weighted by Crippen LogP contribution is 2.18. The summed E-state index contributed by atoms with van der Waals surface area (Å²) in [5.74, 6) is -0.351. The van der Waals surface area contributed by atoms with Crippen LogP contribution >= 0.6 is 23.8 Å². The molecule has 1 heterocycles. The molecule has 0 atom stereocenters. The van der Waals surface area contributed by atoms with Crippen molar-refractivity contribution in [2.45, 2.75) is 6.54 Å². The summed E-state index contributed by atoms with van der Waals surface area (Å²) in [6, 6.07) is 4.31. The summed E-state index contributed by atoms with van der Waals surface area (Å²) < 4.78 is 14.6. The Bertz CT molecular complexity index is 599. The quantitative estimate of drug-likeness (QED) is 0.855. The topological polar surface area (TPSA) is 41.9 Å². The van der Waals surface area contributed by atoms with Gasteiger partial charge in [0.2, 0.25) is 0 Å². The van der Waals surface area contributed by atoms with Crippen molar-refractivity contribution in [1.82, 2.24) is 15.1 Å². The fourth-order valence-electron chi connectivity index (χ4n) is 1.53. The van der Waals surface area contributed by atoms with Crippen molar-refractivity contribution < 1.29 is 4.39 Å². The van der Waals surface area contributed by atoms with Gasteiger partial charge >= 0.3 is 0 Å². The first kappa shape index (κ1) is 13.8. The lowest BCUT2D eigenvalue weighted by atomic mass is 10.2. The Morgan fingerprint density at radius 2 is 2.32 bits per heavy atom. The van der Waals surface area contributed by atoms with Crippen LogP contribution in [0.3, 0.4) is 0 Å². The molecule has 7 heteroatoms. The van der Waals surface area contributed by atoms with E-state index in [9.17, 15) is 4.39 Å². The Morgan fingerprint density at radius 3 is 3.00 bits per heavy atom. The van der Waals surface area contributed by atoms with Gasteiger partial charge in [-0.25, -0.2) is 4.39 Å². The Labute approximate surface area is 120 Å². The normalized spacial score (nSPS) is 10.3. The van der Waals surface area contributed by atoms with E-state index in [1.54, 1.807) is 30.2 Å². The highest BCUT2D eigenvalue weighted by molar-refractivity contribution is 7.80. The van der Waals surface area contributed by atoms with Gasteiger partial charge in [-0.1, -0.05) is 17.7 Å². The minimum Gasteiger partial charge on any atom is -0.366 e. The lowest BCUT2D eigenvalue weighted by Crippen LogP contribution is -2.23. The van der Waals surface area contributed by atoms with E-state index >= 15 is 0 Å². The number of thiocarbonyl (C=S) groups is 1. The van der Waals surface area contributed by atoms with Crippen molar-refractivity contribution in [2.75, 3.05) is 12.4 Å². The molecule has 0 aliphatic heterocycles. The van der Waals surface area contributed by atoms with Crippen molar-refractivity contribution in [2.24, 2.45) is 0 Å². The molecule has 4 nitrogen and oxygen atoms in total. The number of rotatable bonds is 3. The average molecular weight is 299 g/mol. The molecule has 2 N–H and O–H groups in total. The van der Waals surface area contributed by atoms with Crippen molar-refractivity contribution in [3.63, 3.8) is 0 Å². The van der Waals surface area contributed by atoms with Crippen LogP contribution in [0.15, 0.2) is 30.6 Å². The fourth-order valence-corrected chi connectivity index (χ4v) is 1.88. The molecule has 0 saturated carbocycles. The van der Waals surface area contributed by atoms with Crippen molar-refractivity contribution in [3.8, 4) is 0 Å². The first-order valence-corrected chi connectivity index (χ1v) is 6.32. The predicted molar refractivity (Wildman–Crippen MR) is 78.0 cm³/mol. The number of hydrogen-bond donors (Lipinski definition) is 2. The highest BCUT2D eigenvalue weighted by atomic mass is 35.5. The van der Waals surface area contributed by atoms with Gasteiger partial charge in [-0.05, 0) is 29.9 Å². The van der Waals surface area contributed by atoms with E-state index in [2.05, 4.69) is 15.7 Å². The van der Waals surface area contributed by atoms with Crippen LogP contribution in [0.2, 0.25) is 5.02 Å². The molecule has 100 valence electrons. The van der Waals surface area contributed by atoms with Crippen LogP contribution in [0.1, 0.15) is 5.56 Å². The SMILES string of the molecule is CNC(=S)Nc1cnn(Cc2ccc(F)cc2Cl)c1. The molecule has 2 rings (SSSR count). The summed E-state index contributed by atoms with van der Waals surface area (Å²) in [6.07, 6.45) is 3.45. The zero-order valence-electron chi connectivity index (χ0n) is 10.2. The highest BCUT2D eigenvalue weighted by Gasteiger charge is 2.05. The molecule has 19 heavy (non-hydrogen) atoms. The van der Waals surface area contributed by atoms with E-state index in [0.717, 1.165) is 11.3 Å². The first-order chi connectivity index (χ1) is 9.08. The maximum atomic E-state index is 12.9. The Kier molecular flexibility index (Phi) is 4.34. The largest absolute Gasteiger partial charge is 0.366 e.